The normalized spacial score (nSPS) is 11.5. The van der Waals surface area contributed by atoms with E-state index in [1.54, 1.807) is 37.3 Å². The van der Waals surface area contributed by atoms with Crippen LogP contribution in [0.1, 0.15) is 31.2 Å². The number of sulfonamides is 1. The first-order chi connectivity index (χ1) is 13.8. The van der Waals surface area contributed by atoms with Crippen LogP contribution in [0, 0.1) is 6.92 Å². The summed E-state index contributed by atoms with van der Waals surface area (Å²) in [4.78, 5) is 4.57. The minimum Gasteiger partial charge on any atom is -0.493 e. The summed E-state index contributed by atoms with van der Waals surface area (Å²) in [5.74, 6) is 2.13. The summed E-state index contributed by atoms with van der Waals surface area (Å²) in [6.45, 7) is 5.70. The van der Waals surface area contributed by atoms with E-state index in [-0.39, 0.29) is 10.8 Å². The van der Waals surface area contributed by atoms with Crippen LogP contribution in [-0.4, -0.2) is 37.8 Å². The number of hydrogen-bond acceptors (Lipinski definition) is 6. The third-order valence-electron chi connectivity index (χ3n) is 4.43. The number of rotatable bonds is 7. The number of hydrogen-bond donors (Lipinski definition) is 2. The van der Waals surface area contributed by atoms with Gasteiger partial charge >= 0.3 is 0 Å². The maximum Gasteiger partial charge on any atom is 0.262 e. The van der Waals surface area contributed by atoms with Gasteiger partial charge in [-0.15, -0.1) is 0 Å². The molecule has 0 aliphatic rings. The highest BCUT2D eigenvalue weighted by molar-refractivity contribution is 7.92. The first kappa shape index (κ1) is 20.7. The lowest BCUT2D eigenvalue weighted by molar-refractivity contribution is 0.353. The average molecular weight is 417 g/mol. The van der Waals surface area contributed by atoms with Crippen LogP contribution in [-0.2, 0) is 10.0 Å². The molecule has 29 heavy (non-hydrogen) atoms. The first-order valence-electron chi connectivity index (χ1n) is 9.04. The van der Waals surface area contributed by atoms with Gasteiger partial charge in [0, 0.05) is 17.5 Å². The zero-order chi connectivity index (χ0) is 21.2. The Morgan fingerprint density at radius 1 is 1.07 bits per heavy atom. The molecule has 0 radical (unpaired) electrons. The first-order valence-corrected chi connectivity index (χ1v) is 10.5. The fraction of sp³-hybridized carbons (Fsp3) is 0.300. The van der Waals surface area contributed by atoms with Crippen LogP contribution in [0.5, 0.6) is 11.5 Å². The average Bonchev–Trinajstić information content (AvgIpc) is 3.18. The highest BCUT2D eigenvalue weighted by Crippen LogP contribution is 2.34. The Morgan fingerprint density at radius 3 is 2.34 bits per heavy atom. The van der Waals surface area contributed by atoms with Gasteiger partial charge in [0.05, 0.1) is 24.8 Å². The van der Waals surface area contributed by atoms with Crippen LogP contribution in [0.25, 0.3) is 11.4 Å². The van der Waals surface area contributed by atoms with E-state index >= 15 is 0 Å². The number of nitrogens with one attached hydrogen (secondary N) is 2. The number of aromatic amines is 1. The number of aromatic nitrogens is 3. The molecule has 154 valence electrons. The minimum atomic E-state index is -3.89. The number of ether oxygens (including phenoxy) is 2. The molecule has 0 bridgehead atoms. The van der Waals surface area contributed by atoms with E-state index < -0.39 is 10.0 Å². The second-order valence-corrected chi connectivity index (χ2v) is 8.47. The minimum absolute atomic E-state index is 0.0998. The number of anilines is 1. The van der Waals surface area contributed by atoms with Crippen LogP contribution in [0.15, 0.2) is 41.3 Å². The molecule has 1 aromatic heterocycles. The molecule has 9 heteroatoms. The summed E-state index contributed by atoms with van der Waals surface area (Å²) in [7, 11) is -0.930. The molecule has 8 nitrogen and oxygen atoms in total. The molecule has 3 rings (SSSR count). The van der Waals surface area contributed by atoms with Crippen molar-refractivity contribution in [2.75, 3.05) is 18.9 Å². The molecular formula is C20H24N4O4S. The molecule has 0 fully saturated rings. The SMILES string of the molecule is COc1cc(C)c(S(=O)(=O)Nc2ccccc2-c2n[nH]c(C(C)C)n2)cc1OC. The van der Waals surface area contributed by atoms with Gasteiger partial charge in [0.25, 0.3) is 10.0 Å². The standard InChI is InChI=1S/C20H24N4O4S/c1-12(2)19-21-20(23-22-19)14-8-6-7-9-15(14)24-29(25,26)18-11-17(28-5)16(27-4)10-13(18)3/h6-12,24H,1-5H3,(H,21,22,23). The molecule has 0 amide bonds. The number of para-hydroxylation sites is 1. The second kappa shape index (κ2) is 8.12. The van der Waals surface area contributed by atoms with Crippen molar-refractivity contribution in [2.24, 2.45) is 0 Å². The number of benzene rings is 2. The molecule has 0 spiro atoms. The third-order valence-corrected chi connectivity index (χ3v) is 5.94. The summed E-state index contributed by atoms with van der Waals surface area (Å²) in [6.07, 6.45) is 0. The lowest BCUT2D eigenvalue weighted by atomic mass is 10.1. The predicted molar refractivity (Wildman–Crippen MR) is 111 cm³/mol. The van der Waals surface area contributed by atoms with Crippen LogP contribution < -0.4 is 14.2 Å². The zero-order valence-electron chi connectivity index (χ0n) is 17.0. The quantitative estimate of drug-likeness (QED) is 0.608. The number of methoxy groups -OCH3 is 2. The summed E-state index contributed by atoms with van der Waals surface area (Å²) in [6, 6.07) is 10.1. The summed E-state index contributed by atoms with van der Waals surface area (Å²) in [5.41, 5.74) is 1.50. The Hall–Kier alpha value is -3.07. The van der Waals surface area contributed by atoms with Crippen molar-refractivity contribution < 1.29 is 17.9 Å². The number of nitrogens with zero attached hydrogens (tertiary/aromatic N) is 2. The fourth-order valence-electron chi connectivity index (χ4n) is 2.87. The Morgan fingerprint density at radius 2 is 1.72 bits per heavy atom. The zero-order valence-corrected chi connectivity index (χ0v) is 17.8. The van der Waals surface area contributed by atoms with Gasteiger partial charge in [0.1, 0.15) is 5.82 Å². The smallest absolute Gasteiger partial charge is 0.262 e. The van der Waals surface area contributed by atoms with Gasteiger partial charge in [0.15, 0.2) is 17.3 Å². The van der Waals surface area contributed by atoms with Gasteiger partial charge in [0.2, 0.25) is 0 Å². The molecule has 0 aliphatic carbocycles. The molecular weight excluding hydrogens is 392 g/mol. The summed E-state index contributed by atoms with van der Waals surface area (Å²) in [5, 5.41) is 7.12. The van der Waals surface area contributed by atoms with Gasteiger partial charge in [-0.25, -0.2) is 13.4 Å². The Balaban J connectivity index is 2.02. The molecule has 2 aromatic carbocycles. The van der Waals surface area contributed by atoms with E-state index in [1.807, 2.05) is 13.8 Å². The number of H-pyrrole nitrogens is 1. The summed E-state index contributed by atoms with van der Waals surface area (Å²) < 4.78 is 39.4. The predicted octanol–water partition coefficient (Wildman–Crippen LogP) is 3.72. The highest BCUT2D eigenvalue weighted by Gasteiger charge is 2.22. The largest absolute Gasteiger partial charge is 0.493 e. The van der Waals surface area contributed by atoms with E-state index in [1.165, 1.54) is 20.3 Å². The van der Waals surface area contributed by atoms with Crippen molar-refractivity contribution in [1.29, 1.82) is 0 Å². The van der Waals surface area contributed by atoms with Gasteiger partial charge in [-0.3, -0.25) is 9.82 Å². The molecule has 0 atom stereocenters. The Labute approximate surface area is 170 Å². The van der Waals surface area contributed by atoms with Crippen LogP contribution in [0.2, 0.25) is 0 Å². The fourth-order valence-corrected chi connectivity index (χ4v) is 4.19. The maximum atomic E-state index is 13.1. The van der Waals surface area contributed by atoms with Crippen molar-refractivity contribution in [1.82, 2.24) is 15.2 Å². The van der Waals surface area contributed by atoms with Gasteiger partial charge < -0.3 is 9.47 Å². The van der Waals surface area contributed by atoms with Crippen molar-refractivity contribution in [3.8, 4) is 22.9 Å². The highest BCUT2D eigenvalue weighted by atomic mass is 32.2. The van der Waals surface area contributed by atoms with Crippen LogP contribution in [0.4, 0.5) is 5.69 Å². The molecule has 0 unspecified atom stereocenters. The lowest BCUT2D eigenvalue weighted by Crippen LogP contribution is -2.15. The molecule has 1 heterocycles. The molecule has 0 saturated heterocycles. The molecule has 2 N–H and O–H groups in total. The lowest BCUT2D eigenvalue weighted by Gasteiger charge is -2.15. The second-order valence-electron chi connectivity index (χ2n) is 6.82. The third kappa shape index (κ3) is 4.19. The molecule has 0 aliphatic heterocycles. The van der Waals surface area contributed by atoms with Gasteiger partial charge in [-0.1, -0.05) is 26.0 Å². The maximum absolute atomic E-state index is 13.1. The molecule has 0 saturated carbocycles. The van der Waals surface area contributed by atoms with E-state index in [0.29, 0.717) is 34.1 Å². The summed E-state index contributed by atoms with van der Waals surface area (Å²) >= 11 is 0. The van der Waals surface area contributed by atoms with Crippen LogP contribution >= 0.6 is 0 Å². The van der Waals surface area contributed by atoms with E-state index in [4.69, 9.17) is 9.47 Å². The van der Waals surface area contributed by atoms with Crippen LogP contribution in [0.3, 0.4) is 0 Å². The van der Waals surface area contributed by atoms with Gasteiger partial charge in [-0.2, -0.15) is 5.10 Å². The molecule has 3 aromatic rings. The number of aryl methyl sites for hydroxylation is 1. The Bertz CT molecular complexity index is 1120. The Kier molecular flexibility index (Phi) is 5.78. The van der Waals surface area contributed by atoms with Crippen molar-refractivity contribution in [3.63, 3.8) is 0 Å². The van der Waals surface area contributed by atoms with Gasteiger partial charge in [-0.05, 0) is 30.7 Å². The monoisotopic (exact) mass is 416 g/mol. The van der Waals surface area contributed by atoms with E-state index in [0.717, 1.165) is 5.82 Å². The topological polar surface area (TPSA) is 106 Å². The van der Waals surface area contributed by atoms with E-state index in [2.05, 4.69) is 19.9 Å². The van der Waals surface area contributed by atoms with E-state index in [9.17, 15) is 8.42 Å². The van der Waals surface area contributed by atoms with Crippen molar-refractivity contribution in [3.05, 3.63) is 47.8 Å². The van der Waals surface area contributed by atoms with Crippen molar-refractivity contribution >= 4 is 15.7 Å². The van der Waals surface area contributed by atoms with Crippen molar-refractivity contribution in [2.45, 2.75) is 31.6 Å².